The first-order valence-corrected chi connectivity index (χ1v) is 10.2. The second kappa shape index (κ2) is 8.93. The number of alkyl carbamates (subject to hydrolysis) is 1. The van der Waals surface area contributed by atoms with Crippen molar-refractivity contribution in [3.63, 3.8) is 0 Å². The molecule has 0 saturated heterocycles. The molecule has 7 heteroatoms. The molecule has 0 radical (unpaired) electrons. The number of rotatable bonds is 7. The molecule has 1 aliphatic rings. The fourth-order valence-electron chi connectivity index (χ4n) is 4.13. The summed E-state index contributed by atoms with van der Waals surface area (Å²) in [5.74, 6) is -2.32. The lowest BCUT2D eigenvalue weighted by Gasteiger charge is -2.21. The van der Waals surface area contributed by atoms with Crippen LogP contribution in [0.2, 0.25) is 0 Å². The van der Waals surface area contributed by atoms with Gasteiger partial charge in [0.2, 0.25) is 5.91 Å². The summed E-state index contributed by atoms with van der Waals surface area (Å²) in [6, 6.07) is 20.8. The molecule has 1 aliphatic carbocycles. The number of hydrogen-bond acceptors (Lipinski definition) is 5. The number of nitrogens with one attached hydrogen (secondary N) is 1. The van der Waals surface area contributed by atoms with Gasteiger partial charge in [0, 0.05) is 11.5 Å². The van der Waals surface area contributed by atoms with E-state index in [9.17, 15) is 19.5 Å². The third-order valence-corrected chi connectivity index (χ3v) is 5.63. The first kappa shape index (κ1) is 21.1. The Bertz CT molecular complexity index is 1140. The number of carbonyl (C=O) groups is 3. The summed E-state index contributed by atoms with van der Waals surface area (Å²) in [7, 11) is 0. The van der Waals surface area contributed by atoms with Crippen LogP contribution in [0.25, 0.3) is 11.1 Å². The van der Waals surface area contributed by atoms with Crippen molar-refractivity contribution in [2.45, 2.75) is 18.4 Å². The van der Waals surface area contributed by atoms with Crippen LogP contribution in [0.5, 0.6) is 0 Å². The number of ether oxygens (including phenoxy) is 1. The molecule has 1 atom stereocenters. The molecule has 7 nitrogen and oxygen atoms in total. The number of benzene rings is 3. The fraction of sp³-hybridized carbons (Fsp3) is 0.160. The molecule has 0 saturated carbocycles. The number of carboxylic acids is 1. The molecule has 4 rings (SSSR count). The van der Waals surface area contributed by atoms with E-state index in [4.69, 9.17) is 10.5 Å². The van der Waals surface area contributed by atoms with E-state index in [1.807, 2.05) is 48.5 Å². The molecular weight excluding hydrogens is 408 g/mol. The molecule has 0 aliphatic heterocycles. The van der Waals surface area contributed by atoms with Gasteiger partial charge in [0.15, 0.2) is 0 Å². The lowest BCUT2D eigenvalue weighted by Crippen LogP contribution is -2.49. The lowest BCUT2D eigenvalue weighted by molar-refractivity contribution is -0.308. The van der Waals surface area contributed by atoms with Crippen LogP contribution < -0.4 is 16.2 Å². The highest BCUT2D eigenvalue weighted by Gasteiger charge is 2.29. The van der Waals surface area contributed by atoms with Crippen molar-refractivity contribution in [3.8, 4) is 11.1 Å². The van der Waals surface area contributed by atoms with Crippen LogP contribution in [-0.2, 0) is 16.0 Å². The van der Waals surface area contributed by atoms with Gasteiger partial charge in [-0.3, -0.25) is 4.79 Å². The number of nitrogens with two attached hydrogens (primary N) is 1. The van der Waals surface area contributed by atoms with Crippen LogP contribution in [0, 0.1) is 0 Å². The van der Waals surface area contributed by atoms with E-state index < -0.39 is 24.0 Å². The Kier molecular flexibility index (Phi) is 5.89. The maximum absolute atomic E-state index is 12.4. The Morgan fingerprint density at radius 2 is 1.47 bits per heavy atom. The maximum Gasteiger partial charge on any atom is 0.407 e. The second-order valence-corrected chi connectivity index (χ2v) is 7.57. The number of carbonyl (C=O) groups excluding carboxylic acids is 3. The first-order valence-electron chi connectivity index (χ1n) is 10.2. The average molecular weight is 429 g/mol. The number of amides is 2. The lowest BCUT2D eigenvalue weighted by atomic mass is 9.98. The monoisotopic (exact) mass is 429 g/mol. The maximum atomic E-state index is 12.4. The zero-order valence-corrected chi connectivity index (χ0v) is 17.1. The second-order valence-electron chi connectivity index (χ2n) is 7.57. The third-order valence-electron chi connectivity index (χ3n) is 5.63. The summed E-state index contributed by atoms with van der Waals surface area (Å²) in [6.45, 7) is 0.0531. The summed E-state index contributed by atoms with van der Waals surface area (Å²) >= 11 is 0. The quantitative estimate of drug-likeness (QED) is 0.595. The van der Waals surface area contributed by atoms with Gasteiger partial charge in [0.05, 0.1) is 12.0 Å². The topological polar surface area (TPSA) is 122 Å². The number of primary amides is 1. The van der Waals surface area contributed by atoms with E-state index in [0.717, 1.165) is 22.3 Å². The average Bonchev–Trinajstić information content (AvgIpc) is 3.11. The standard InChI is InChI=1S/C25H22N2O5/c26-23(28)16-8-2-1-7-15(16)13-22(24(29)30)27-25(31)32-14-21-19-11-5-3-9-17(19)18-10-4-6-12-20(18)21/h1-12,21-22H,13-14H2,(H2,26,28)(H,27,31)(H,29,30)/p-1/t22-/m0/s1. The molecule has 32 heavy (non-hydrogen) atoms. The van der Waals surface area contributed by atoms with Gasteiger partial charge in [0.1, 0.15) is 6.61 Å². The normalized spacial score (nSPS) is 13.0. The predicted molar refractivity (Wildman–Crippen MR) is 116 cm³/mol. The fourth-order valence-corrected chi connectivity index (χ4v) is 4.13. The molecule has 162 valence electrons. The van der Waals surface area contributed by atoms with Gasteiger partial charge in [-0.15, -0.1) is 0 Å². The molecule has 3 aromatic rings. The van der Waals surface area contributed by atoms with Crippen LogP contribution in [0.1, 0.15) is 33.0 Å². The van der Waals surface area contributed by atoms with E-state index in [1.54, 1.807) is 18.2 Å². The van der Waals surface area contributed by atoms with Gasteiger partial charge in [-0.25, -0.2) is 4.79 Å². The first-order chi connectivity index (χ1) is 15.5. The summed E-state index contributed by atoms with van der Waals surface area (Å²) < 4.78 is 5.40. The van der Waals surface area contributed by atoms with Crippen molar-refractivity contribution in [2.75, 3.05) is 6.61 Å². The molecule has 3 aromatic carbocycles. The molecule has 0 unspecified atom stereocenters. The van der Waals surface area contributed by atoms with Crippen LogP contribution >= 0.6 is 0 Å². The Balaban J connectivity index is 1.45. The Labute approximate surface area is 184 Å². The van der Waals surface area contributed by atoms with Gasteiger partial charge in [-0.2, -0.15) is 0 Å². The van der Waals surface area contributed by atoms with Crippen LogP contribution in [0.3, 0.4) is 0 Å². The molecule has 0 heterocycles. The molecule has 2 amide bonds. The minimum absolute atomic E-state index is 0.0531. The highest BCUT2D eigenvalue weighted by molar-refractivity contribution is 5.94. The summed E-state index contributed by atoms with van der Waals surface area (Å²) in [5.41, 5.74) is 10.2. The van der Waals surface area contributed by atoms with Gasteiger partial charge in [-0.1, -0.05) is 66.7 Å². The van der Waals surface area contributed by atoms with Crippen molar-refractivity contribution < 1.29 is 24.2 Å². The highest BCUT2D eigenvalue weighted by atomic mass is 16.5. The van der Waals surface area contributed by atoms with Gasteiger partial charge in [0.25, 0.3) is 0 Å². The molecule has 3 N–H and O–H groups in total. The molecule has 0 spiro atoms. The van der Waals surface area contributed by atoms with Crippen molar-refractivity contribution in [3.05, 3.63) is 95.1 Å². The molecule has 0 bridgehead atoms. The zero-order chi connectivity index (χ0) is 22.7. The molecular formula is C25H21N2O5-. The van der Waals surface area contributed by atoms with E-state index in [1.165, 1.54) is 6.07 Å². The van der Waals surface area contributed by atoms with Crippen LogP contribution in [0.4, 0.5) is 4.79 Å². The summed E-state index contributed by atoms with van der Waals surface area (Å²) in [6.07, 6.45) is -1.04. The Hall–Kier alpha value is -4.13. The number of fused-ring (bicyclic) bond motifs is 3. The van der Waals surface area contributed by atoms with E-state index in [2.05, 4.69) is 5.32 Å². The molecule has 0 aromatic heterocycles. The largest absolute Gasteiger partial charge is 0.548 e. The van der Waals surface area contributed by atoms with Crippen molar-refractivity contribution in [1.82, 2.24) is 5.32 Å². The number of carboxylic acid groups (broad SMARTS) is 1. The molecule has 0 fully saturated rings. The van der Waals surface area contributed by atoms with E-state index in [-0.39, 0.29) is 24.5 Å². The highest BCUT2D eigenvalue weighted by Crippen LogP contribution is 2.44. The summed E-state index contributed by atoms with van der Waals surface area (Å²) in [4.78, 5) is 35.6. The Morgan fingerprint density at radius 1 is 0.906 bits per heavy atom. The SMILES string of the molecule is NC(=O)c1ccccc1C[C@H](NC(=O)OCC1c2ccccc2-c2ccccc21)C(=O)[O-]. The van der Waals surface area contributed by atoms with Crippen molar-refractivity contribution >= 4 is 18.0 Å². The van der Waals surface area contributed by atoms with Crippen LogP contribution in [0.15, 0.2) is 72.8 Å². The van der Waals surface area contributed by atoms with Crippen molar-refractivity contribution in [2.24, 2.45) is 5.73 Å². The van der Waals surface area contributed by atoms with E-state index >= 15 is 0 Å². The Morgan fingerprint density at radius 3 is 2.06 bits per heavy atom. The number of hydrogen-bond donors (Lipinski definition) is 2. The minimum atomic E-state index is -1.49. The predicted octanol–water partition coefficient (Wildman–Crippen LogP) is 1.99. The van der Waals surface area contributed by atoms with Crippen molar-refractivity contribution in [1.29, 1.82) is 0 Å². The minimum Gasteiger partial charge on any atom is -0.548 e. The zero-order valence-electron chi connectivity index (χ0n) is 17.1. The third kappa shape index (κ3) is 4.18. The summed E-state index contributed by atoms with van der Waals surface area (Å²) in [5, 5.41) is 13.9. The smallest absolute Gasteiger partial charge is 0.407 e. The number of aliphatic carboxylic acids is 1. The van der Waals surface area contributed by atoms with Crippen LogP contribution in [-0.4, -0.2) is 30.6 Å². The van der Waals surface area contributed by atoms with E-state index in [0.29, 0.717) is 5.56 Å². The van der Waals surface area contributed by atoms with Gasteiger partial charge >= 0.3 is 6.09 Å². The van der Waals surface area contributed by atoms with Gasteiger partial charge in [-0.05, 0) is 40.3 Å². The van der Waals surface area contributed by atoms with Gasteiger partial charge < -0.3 is 25.7 Å².